The van der Waals surface area contributed by atoms with E-state index in [0.29, 0.717) is 0 Å². The number of fused-ring (bicyclic) bond motifs is 2. The van der Waals surface area contributed by atoms with E-state index in [1.54, 1.807) is 0 Å². The Morgan fingerprint density at radius 2 is 0.571 bits per heavy atom. The van der Waals surface area contributed by atoms with E-state index in [-0.39, 0.29) is 0 Å². The van der Waals surface area contributed by atoms with Gasteiger partial charge in [0.1, 0.15) is 0 Å². The molecule has 0 atom stereocenters. The van der Waals surface area contributed by atoms with Crippen molar-refractivity contribution in [1.82, 2.24) is 0 Å². The third kappa shape index (κ3) is 6.68. The maximum Gasteiger partial charge on any atom is 0.0462 e. The highest BCUT2D eigenvalue weighted by atomic mass is 32.1. The molecule has 0 spiro atoms. The largest absolute Gasteiger partial charge is 0.311 e. The predicted octanol–water partition coefficient (Wildman–Crippen LogP) is 15.9. The van der Waals surface area contributed by atoms with E-state index in [1.165, 1.54) is 75.8 Å². The first-order valence-electron chi connectivity index (χ1n) is 19.1. The van der Waals surface area contributed by atoms with Crippen molar-refractivity contribution in [2.45, 2.75) is 0 Å². The number of thiophene rings is 1. The van der Waals surface area contributed by atoms with Crippen molar-refractivity contribution in [1.29, 1.82) is 0 Å². The molecule has 264 valence electrons. The zero-order valence-electron chi connectivity index (χ0n) is 30.7. The van der Waals surface area contributed by atoms with Crippen molar-refractivity contribution < 1.29 is 0 Å². The van der Waals surface area contributed by atoms with Crippen LogP contribution in [0.3, 0.4) is 0 Å². The van der Waals surface area contributed by atoms with Crippen LogP contribution >= 0.6 is 11.3 Å². The minimum Gasteiger partial charge on any atom is -0.311 e. The van der Waals surface area contributed by atoms with Crippen LogP contribution < -0.4 is 4.90 Å². The van der Waals surface area contributed by atoms with Crippen molar-refractivity contribution >= 4 is 49.3 Å². The van der Waals surface area contributed by atoms with Gasteiger partial charge in [0.25, 0.3) is 0 Å². The van der Waals surface area contributed by atoms with Gasteiger partial charge in [-0.3, -0.25) is 0 Å². The summed E-state index contributed by atoms with van der Waals surface area (Å²) >= 11 is 1.86. The summed E-state index contributed by atoms with van der Waals surface area (Å²) in [6, 6.07) is 81.3. The Hall–Kier alpha value is -7.00. The van der Waals surface area contributed by atoms with Crippen molar-refractivity contribution in [2.24, 2.45) is 0 Å². The SMILES string of the molecule is c1ccc(-c2ccc(-c3ccc(N(c4ccc(-c5ccc(-c6ccccc6)cc5)cc4)c4ccc(-c5cc6cc7ccccc7cc6s5)cc4)cc3)cc2)cc1. The highest BCUT2D eigenvalue weighted by Gasteiger charge is 2.15. The molecular formula is C54H37NS. The Morgan fingerprint density at radius 1 is 0.250 bits per heavy atom. The van der Waals surface area contributed by atoms with Crippen LogP contribution in [0.25, 0.3) is 75.8 Å². The van der Waals surface area contributed by atoms with Crippen LogP contribution in [0, 0.1) is 0 Å². The third-order valence-electron chi connectivity index (χ3n) is 10.7. The Balaban J connectivity index is 0.974. The second-order valence-corrected chi connectivity index (χ2v) is 15.3. The molecule has 0 fully saturated rings. The topological polar surface area (TPSA) is 3.24 Å². The van der Waals surface area contributed by atoms with Gasteiger partial charge in [-0.2, -0.15) is 0 Å². The molecule has 9 aromatic carbocycles. The van der Waals surface area contributed by atoms with Crippen LogP contribution in [0.4, 0.5) is 17.1 Å². The molecule has 56 heavy (non-hydrogen) atoms. The molecule has 0 amide bonds. The number of anilines is 3. The van der Waals surface area contributed by atoms with Gasteiger partial charge in [-0.15, -0.1) is 11.3 Å². The minimum absolute atomic E-state index is 1.11. The molecule has 0 unspecified atom stereocenters. The molecule has 0 aliphatic rings. The third-order valence-corrected chi connectivity index (χ3v) is 11.8. The lowest BCUT2D eigenvalue weighted by Crippen LogP contribution is -2.09. The average Bonchev–Trinajstić information content (AvgIpc) is 3.70. The summed E-state index contributed by atoms with van der Waals surface area (Å²) in [6.45, 7) is 0. The van der Waals surface area contributed by atoms with Gasteiger partial charge in [0, 0.05) is 26.6 Å². The van der Waals surface area contributed by atoms with Gasteiger partial charge < -0.3 is 4.90 Å². The first kappa shape index (κ1) is 33.6. The van der Waals surface area contributed by atoms with Gasteiger partial charge in [-0.25, -0.2) is 0 Å². The zero-order chi connectivity index (χ0) is 37.3. The highest BCUT2D eigenvalue weighted by Crippen LogP contribution is 2.40. The monoisotopic (exact) mass is 731 g/mol. The minimum atomic E-state index is 1.11. The van der Waals surface area contributed by atoms with Crippen LogP contribution in [0.2, 0.25) is 0 Å². The van der Waals surface area contributed by atoms with Gasteiger partial charge in [0.2, 0.25) is 0 Å². The number of hydrogen-bond acceptors (Lipinski definition) is 2. The zero-order valence-corrected chi connectivity index (χ0v) is 31.5. The summed E-state index contributed by atoms with van der Waals surface area (Å²) in [5.41, 5.74) is 14.2. The van der Waals surface area contributed by atoms with Crippen LogP contribution in [0.1, 0.15) is 0 Å². The molecule has 0 aliphatic carbocycles. The summed E-state index contributed by atoms with van der Waals surface area (Å²) in [5.74, 6) is 0. The summed E-state index contributed by atoms with van der Waals surface area (Å²) in [7, 11) is 0. The summed E-state index contributed by atoms with van der Waals surface area (Å²) in [5, 5.41) is 3.85. The molecular weight excluding hydrogens is 695 g/mol. The second kappa shape index (κ2) is 14.7. The van der Waals surface area contributed by atoms with Gasteiger partial charge in [-0.1, -0.05) is 170 Å². The summed E-state index contributed by atoms with van der Waals surface area (Å²) in [4.78, 5) is 3.63. The molecule has 10 aromatic rings. The summed E-state index contributed by atoms with van der Waals surface area (Å²) < 4.78 is 1.31. The maximum absolute atomic E-state index is 2.35. The molecule has 1 aromatic heterocycles. The van der Waals surface area contributed by atoms with Crippen molar-refractivity contribution in [3.63, 3.8) is 0 Å². The molecule has 0 saturated carbocycles. The van der Waals surface area contributed by atoms with E-state index in [2.05, 4.69) is 229 Å². The van der Waals surface area contributed by atoms with Gasteiger partial charge in [0.15, 0.2) is 0 Å². The second-order valence-electron chi connectivity index (χ2n) is 14.2. The molecule has 0 saturated heterocycles. The first-order valence-corrected chi connectivity index (χ1v) is 19.9. The molecule has 0 radical (unpaired) electrons. The van der Waals surface area contributed by atoms with Crippen LogP contribution in [0.5, 0.6) is 0 Å². The normalized spacial score (nSPS) is 11.2. The molecule has 0 N–H and O–H groups in total. The van der Waals surface area contributed by atoms with Crippen LogP contribution in [-0.4, -0.2) is 0 Å². The van der Waals surface area contributed by atoms with E-state index in [9.17, 15) is 0 Å². The van der Waals surface area contributed by atoms with Crippen molar-refractivity contribution in [3.05, 3.63) is 224 Å². The van der Waals surface area contributed by atoms with Crippen LogP contribution in [0.15, 0.2) is 224 Å². The smallest absolute Gasteiger partial charge is 0.0462 e. The Morgan fingerprint density at radius 3 is 0.982 bits per heavy atom. The first-order chi connectivity index (χ1) is 27.7. The molecule has 2 heteroatoms. The highest BCUT2D eigenvalue weighted by molar-refractivity contribution is 7.22. The summed E-state index contributed by atoms with van der Waals surface area (Å²) in [6.07, 6.45) is 0. The standard InChI is InChI=1S/C54H37NS/c1-3-9-38(10-4-1)40-15-19-42(20-16-40)44-23-29-50(30-24-44)55(51-31-25-45(26-32-51)43-21-17-41(18-22-43)39-11-5-2-6-12-39)52-33-27-46(28-34-52)53-37-49-35-47-13-7-8-14-48(47)36-54(49)56-53/h1-37H. The lowest BCUT2D eigenvalue weighted by atomic mass is 9.99. The maximum atomic E-state index is 2.35. The molecule has 0 bridgehead atoms. The van der Waals surface area contributed by atoms with E-state index in [4.69, 9.17) is 0 Å². The fourth-order valence-corrected chi connectivity index (χ4v) is 8.77. The average molecular weight is 732 g/mol. The van der Waals surface area contributed by atoms with Crippen LogP contribution in [-0.2, 0) is 0 Å². The Kier molecular flexibility index (Phi) is 8.79. The van der Waals surface area contributed by atoms with Crippen molar-refractivity contribution in [2.75, 3.05) is 4.90 Å². The molecule has 0 aliphatic heterocycles. The number of nitrogens with zero attached hydrogens (tertiary/aromatic N) is 1. The lowest BCUT2D eigenvalue weighted by Gasteiger charge is -2.26. The Bertz CT molecular complexity index is 2710. The quantitative estimate of drug-likeness (QED) is 0.150. The lowest BCUT2D eigenvalue weighted by molar-refractivity contribution is 1.28. The van der Waals surface area contributed by atoms with Crippen molar-refractivity contribution in [3.8, 4) is 54.9 Å². The van der Waals surface area contributed by atoms with Gasteiger partial charge in [0.05, 0.1) is 0 Å². The molecule has 10 rings (SSSR count). The Labute approximate surface area is 332 Å². The van der Waals surface area contributed by atoms with Gasteiger partial charge in [-0.05, 0) is 121 Å². The van der Waals surface area contributed by atoms with E-state index >= 15 is 0 Å². The van der Waals surface area contributed by atoms with E-state index < -0.39 is 0 Å². The van der Waals surface area contributed by atoms with Gasteiger partial charge >= 0.3 is 0 Å². The molecule has 1 nitrogen and oxygen atoms in total. The number of rotatable bonds is 8. The number of benzene rings is 9. The fourth-order valence-electron chi connectivity index (χ4n) is 7.67. The van der Waals surface area contributed by atoms with E-state index in [1.807, 2.05) is 11.3 Å². The molecule has 1 heterocycles. The van der Waals surface area contributed by atoms with E-state index in [0.717, 1.165) is 17.1 Å². The number of hydrogen-bond donors (Lipinski definition) is 0. The fraction of sp³-hybridized carbons (Fsp3) is 0. The predicted molar refractivity (Wildman–Crippen MR) is 241 cm³/mol.